The molecule has 0 saturated carbocycles. The first kappa shape index (κ1) is 20.3. The van der Waals surface area contributed by atoms with Crippen molar-refractivity contribution in [2.75, 3.05) is 20.1 Å². The number of hydrogen-bond acceptors (Lipinski definition) is 4. The number of aryl methyl sites for hydroxylation is 1. The second kappa shape index (κ2) is 8.44. The summed E-state index contributed by atoms with van der Waals surface area (Å²) in [5, 5.41) is 4.89. The number of benzene rings is 1. The fraction of sp³-hybridized carbons (Fsp3) is 0.348. The van der Waals surface area contributed by atoms with Gasteiger partial charge in [-0.1, -0.05) is 30.3 Å². The number of amides is 2. The quantitative estimate of drug-likeness (QED) is 0.662. The van der Waals surface area contributed by atoms with Gasteiger partial charge in [-0.2, -0.15) is 0 Å². The standard InChI is InChI=1S/C23H26N4O2S/c1-3-26-16-25-14-19(26)21(28)27-11-10-23(15-27,22(29)24-2)13-17-6-8-18(9-7-17)20-5-4-12-30-20/h4-9,12,14,16H,3,10-11,13,15H2,1-2H3,(H,24,29)/t23-/m0/s1. The minimum absolute atomic E-state index is 0.0101. The van der Waals surface area contributed by atoms with Crippen LogP contribution >= 0.6 is 11.3 Å². The molecule has 0 radical (unpaired) electrons. The third-order valence-corrected chi connectivity index (χ3v) is 6.84. The average molecular weight is 423 g/mol. The normalized spacial score (nSPS) is 18.5. The van der Waals surface area contributed by atoms with Crippen LogP contribution in [0.25, 0.3) is 10.4 Å². The average Bonchev–Trinajstić information content (AvgIpc) is 3.54. The lowest BCUT2D eigenvalue weighted by molar-refractivity contribution is -0.129. The molecular formula is C23H26N4O2S. The number of aromatic nitrogens is 2. The highest BCUT2D eigenvalue weighted by atomic mass is 32.1. The van der Waals surface area contributed by atoms with Gasteiger partial charge in [-0.15, -0.1) is 11.3 Å². The highest BCUT2D eigenvalue weighted by Gasteiger charge is 2.46. The molecule has 2 amide bonds. The number of carbonyl (C=O) groups excluding carboxylic acids is 2. The maximum Gasteiger partial charge on any atom is 0.272 e. The molecule has 1 aromatic carbocycles. The van der Waals surface area contributed by atoms with Crippen molar-refractivity contribution >= 4 is 23.2 Å². The number of likely N-dealkylation sites (tertiary alicyclic amines) is 1. The molecule has 7 heteroatoms. The van der Waals surface area contributed by atoms with E-state index < -0.39 is 5.41 Å². The molecule has 6 nitrogen and oxygen atoms in total. The van der Waals surface area contributed by atoms with Crippen molar-refractivity contribution in [3.05, 3.63) is 65.6 Å². The Hall–Kier alpha value is -2.93. The molecule has 0 bridgehead atoms. The Kier molecular flexibility index (Phi) is 5.72. The van der Waals surface area contributed by atoms with E-state index in [4.69, 9.17) is 0 Å². The molecule has 1 atom stereocenters. The second-order valence-electron chi connectivity index (χ2n) is 7.75. The Bertz CT molecular complexity index is 1030. The zero-order chi connectivity index (χ0) is 21.1. The van der Waals surface area contributed by atoms with E-state index in [-0.39, 0.29) is 11.8 Å². The fourth-order valence-electron chi connectivity index (χ4n) is 4.25. The van der Waals surface area contributed by atoms with E-state index in [1.807, 2.05) is 17.6 Å². The molecule has 156 valence electrons. The third kappa shape index (κ3) is 3.77. The number of nitrogens with zero attached hydrogens (tertiary/aromatic N) is 3. The molecule has 1 N–H and O–H groups in total. The van der Waals surface area contributed by atoms with Gasteiger partial charge in [-0.05, 0) is 42.3 Å². The van der Waals surface area contributed by atoms with Gasteiger partial charge in [0, 0.05) is 31.6 Å². The Labute approximate surface area is 180 Å². The minimum atomic E-state index is -0.619. The molecule has 0 unspecified atom stereocenters. The summed E-state index contributed by atoms with van der Waals surface area (Å²) in [5.41, 5.74) is 2.24. The number of imidazole rings is 1. The molecule has 0 spiro atoms. The van der Waals surface area contributed by atoms with Gasteiger partial charge < -0.3 is 14.8 Å². The molecule has 2 aromatic heterocycles. The van der Waals surface area contributed by atoms with Gasteiger partial charge in [0.2, 0.25) is 5.91 Å². The summed E-state index contributed by atoms with van der Waals surface area (Å²) in [6, 6.07) is 12.6. The fourth-order valence-corrected chi connectivity index (χ4v) is 4.99. The first-order chi connectivity index (χ1) is 14.6. The summed E-state index contributed by atoms with van der Waals surface area (Å²) in [5.74, 6) is -0.0719. The van der Waals surface area contributed by atoms with Crippen LogP contribution in [0.1, 0.15) is 29.4 Å². The van der Waals surface area contributed by atoms with Crippen molar-refractivity contribution in [3.8, 4) is 10.4 Å². The summed E-state index contributed by atoms with van der Waals surface area (Å²) in [6.45, 7) is 3.64. The molecule has 30 heavy (non-hydrogen) atoms. The van der Waals surface area contributed by atoms with Gasteiger partial charge in [-0.3, -0.25) is 9.59 Å². The number of thiophene rings is 1. The number of rotatable bonds is 6. The van der Waals surface area contributed by atoms with Gasteiger partial charge in [0.25, 0.3) is 5.91 Å². The summed E-state index contributed by atoms with van der Waals surface area (Å²) in [6.07, 6.45) is 4.53. The highest BCUT2D eigenvalue weighted by Crippen LogP contribution is 2.36. The second-order valence-corrected chi connectivity index (χ2v) is 8.70. The molecule has 4 rings (SSSR count). The largest absolute Gasteiger partial charge is 0.359 e. The van der Waals surface area contributed by atoms with Crippen molar-refractivity contribution in [3.63, 3.8) is 0 Å². The van der Waals surface area contributed by atoms with E-state index in [0.29, 0.717) is 38.2 Å². The Morgan fingerprint density at radius 1 is 1.23 bits per heavy atom. The van der Waals surface area contributed by atoms with E-state index in [1.165, 1.54) is 10.4 Å². The van der Waals surface area contributed by atoms with Gasteiger partial charge in [0.15, 0.2) is 0 Å². The van der Waals surface area contributed by atoms with E-state index in [9.17, 15) is 9.59 Å². The molecule has 1 fully saturated rings. The lowest BCUT2D eigenvalue weighted by atomic mass is 9.79. The van der Waals surface area contributed by atoms with E-state index >= 15 is 0 Å². The van der Waals surface area contributed by atoms with Crippen molar-refractivity contribution in [1.29, 1.82) is 0 Å². The molecule has 1 aliphatic heterocycles. The molecule has 0 aliphatic carbocycles. The zero-order valence-electron chi connectivity index (χ0n) is 17.3. The van der Waals surface area contributed by atoms with Crippen molar-refractivity contribution in [1.82, 2.24) is 19.8 Å². The van der Waals surface area contributed by atoms with Crippen molar-refractivity contribution in [2.45, 2.75) is 26.3 Å². The first-order valence-electron chi connectivity index (χ1n) is 10.2. The van der Waals surface area contributed by atoms with Gasteiger partial charge >= 0.3 is 0 Å². The van der Waals surface area contributed by atoms with E-state index in [1.54, 1.807) is 35.8 Å². The van der Waals surface area contributed by atoms with Gasteiger partial charge in [0.1, 0.15) is 5.69 Å². The predicted octanol–water partition coefficient (Wildman–Crippen LogP) is 3.45. The predicted molar refractivity (Wildman–Crippen MR) is 118 cm³/mol. The highest BCUT2D eigenvalue weighted by molar-refractivity contribution is 7.13. The smallest absolute Gasteiger partial charge is 0.272 e. The topological polar surface area (TPSA) is 67.2 Å². The SMILES string of the molecule is CCn1cncc1C(=O)N1CC[C@@](Cc2ccc(-c3cccs3)cc2)(C(=O)NC)C1. The molecule has 1 saturated heterocycles. The van der Waals surface area contributed by atoms with Crippen LogP contribution in [0.2, 0.25) is 0 Å². The maximum absolute atomic E-state index is 13.0. The van der Waals surface area contributed by atoms with Crippen LogP contribution in [0.3, 0.4) is 0 Å². The summed E-state index contributed by atoms with van der Waals surface area (Å²) in [7, 11) is 1.67. The van der Waals surface area contributed by atoms with Crippen LogP contribution < -0.4 is 5.32 Å². The van der Waals surface area contributed by atoms with Crippen LogP contribution in [-0.2, 0) is 17.8 Å². The summed E-state index contributed by atoms with van der Waals surface area (Å²) in [4.78, 5) is 33.1. The summed E-state index contributed by atoms with van der Waals surface area (Å²) >= 11 is 1.71. The molecular weight excluding hydrogens is 396 g/mol. The van der Waals surface area contributed by atoms with Crippen LogP contribution in [0, 0.1) is 5.41 Å². The Morgan fingerprint density at radius 3 is 2.70 bits per heavy atom. The van der Waals surface area contributed by atoms with Crippen LogP contribution in [0.4, 0.5) is 0 Å². The first-order valence-corrected chi connectivity index (χ1v) is 11.1. The van der Waals surface area contributed by atoms with E-state index in [0.717, 1.165) is 5.56 Å². The van der Waals surface area contributed by atoms with Crippen LogP contribution in [0.15, 0.2) is 54.3 Å². The number of nitrogens with one attached hydrogen (secondary N) is 1. The Balaban J connectivity index is 1.54. The minimum Gasteiger partial charge on any atom is -0.359 e. The van der Waals surface area contributed by atoms with Crippen molar-refractivity contribution < 1.29 is 9.59 Å². The molecule has 3 heterocycles. The van der Waals surface area contributed by atoms with Gasteiger partial charge in [0.05, 0.1) is 17.9 Å². The number of carbonyl (C=O) groups is 2. The van der Waals surface area contributed by atoms with Crippen molar-refractivity contribution in [2.24, 2.45) is 5.41 Å². The lowest BCUT2D eigenvalue weighted by Gasteiger charge is -2.28. The molecule has 1 aliphatic rings. The monoisotopic (exact) mass is 422 g/mol. The summed E-state index contributed by atoms with van der Waals surface area (Å²) < 4.78 is 1.84. The Morgan fingerprint density at radius 2 is 2.03 bits per heavy atom. The van der Waals surface area contributed by atoms with Crippen LogP contribution in [0.5, 0.6) is 0 Å². The van der Waals surface area contributed by atoms with E-state index in [2.05, 4.69) is 46.0 Å². The van der Waals surface area contributed by atoms with Gasteiger partial charge in [-0.25, -0.2) is 4.98 Å². The zero-order valence-corrected chi connectivity index (χ0v) is 18.1. The number of hydrogen-bond donors (Lipinski definition) is 1. The lowest BCUT2D eigenvalue weighted by Crippen LogP contribution is -2.44. The third-order valence-electron chi connectivity index (χ3n) is 5.92. The molecule has 3 aromatic rings. The maximum atomic E-state index is 13.0. The van der Waals surface area contributed by atoms with Crippen LogP contribution in [-0.4, -0.2) is 46.4 Å².